The van der Waals surface area contributed by atoms with E-state index in [9.17, 15) is 0 Å². The quantitative estimate of drug-likeness (QED) is 0.917. The zero-order valence-electron chi connectivity index (χ0n) is 11.0. The molecule has 0 saturated carbocycles. The molecule has 100 valence electrons. The topological polar surface area (TPSA) is 47.0 Å². The fraction of sp³-hybridized carbons (Fsp3) is 0.286. The molecule has 0 aliphatic rings. The fourth-order valence-corrected chi connectivity index (χ4v) is 2.07. The summed E-state index contributed by atoms with van der Waals surface area (Å²) in [7, 11) is 1.92. The molecule has 4 nitrogen and oxygen atoms in total. The summed E-state index contributed by atoms with van der Waals surface area (Å²) in [6, 6.07) is 5.89. The summed E-state index contributed by atoms with van der Waals surface area (Å²) in [5, 5.41) is 3.13. The Labute approximate surface area is 121 Å². The highest BCUT2D eigenvalue weighted by atomic mass is 79.9. The predicted octanol–water partition coefficient (Wildman–Crippen LogP) is 3.31. The zero-order chi connectivity index (χ0) is 13.7. The average Bonchev–Trinajstić information content (AvgIpc) is 2.39. The van der Waals surface area contributed by atoms with Crippen LogP contribution in [0.15, 0.2) is 35.1 Å². The molecule has 19 heavy (non-hydrogen) atoms. The lowest BCUT2D eigenvalue weighted by Crippen LogP contribution is -2.06. The van der Waals surface area contributed by atoms with Gasteiger partial charge in [0.25, 0.3) is 0 Å². The molecule has 0 amide bonds. The van der Waals surface area contributed by atoms with Gasteiger partial charge in [-0.05, 0) is 47.1 Å². The van der Waals surface area contributed by atoms with Gasteiger partial charge in [-0.2, -0.15) is 0 Å². The monoisotopic (exact) mass is 321 g/mol. The Bertz CT molecular complexity index is 560. The van der Waals surface area contributed by atoms with Gasteiger partial charge in [0.2, 0.25) is 5.88 Å². The van der Waals surface area contributed by atoms with E-state index in [1.807, 2.05) is 19.2 Å². The normalized spacial score (nSPS) is 10.5. The average molecular weight is 322 g/mol. The van der Waals surface area contributed by atoms with Gasteiger partial charge in [0.1, 0.15) is 5.75 Å². The van der Waals surface area contributed by atoms with E-state index in [1.165, 1.54) is 0 Å². The molecule has 0 saturated heterocycles. The third kappa shape index (κ3) is 4.01. The summed E-state index contributed by atoms with van der Waals surface area (Å²) in [6.45, 7) is 2.87. The van der Waals surface area contributed by atoms with E-state index in [-0.39, 0.29) is 0 Å². The molecule has 2 heterocycles. The molecule has 0 bridgehead atoms. The largest absolute Gasteiger partial charge is 0.437 e. The molecule has 0 aromatic carbocycles. The SMILES string of the molecule is CCc1cc(CNC)cc(Oc2cncc(Br)c2)n1. The lowest BCUT2D eigenvalue weighted by atomic mass is 10.2. The van der Waals surface area contributed by atoms with Gasteiger partial charge in [0, 0.05) is 29.0 Å². The summed E-state index contributed by atoms with van der Waals surface area (Å²) < 4.78 is 6.64. The van der Waals surface area contributed by atoms with Crippen molar-refractivity contribution in [2.24, 2.45) is 0 Å². The van der Waals surface area contributed by atoms with Crippen LogP contribution in [-0.2, 0) is 13.0 Å². The Morgan fingerprint density at radius 3 is 2.79 bits per heavy atom. The smallest absolute Gasteiger partial charge is 0.219 e. The van der Waals surface area contributed by atoms with Gasteiger partial charge in [-0.25, -0.2) is 4.98 Å². The first-order valence-electron chi connectivity index (χ1n) is 6.14. The van der Waals surface area contributed by atoms with Crippen LogP contribution in [0.5, 0.6) is 11.6 Å². The van der Waals surface area contributed by atoms with Gasteiger partial charge in [-0.1, -0.05) is 6.92 Å². The third-order valence-corrected chi connectivity index (χ3v) is 2.99. The van der Waals surface area contributed by atoms with Crippen molar-refractivity contribution in [1.29, 1.82) is 0 Å². The van der Waals surface area contributed by atoms with Crippen LogP contribution in [0.4, 0.5) is 0 Å². The van der Waals surface area contributed by atoms with Crippen molar-refractivity contribution in [2.75, 3.05) is 7.05 Å². The molecule has 0 fully saturated rings. The van der Waals surface area contributed by atoms with Crippen LogP contribution in [0.25, 0.3) is 0 Å². The molecule has 0 atom stereocenters. The van der Waals surface area contributed by atoms with Crippen LogP contribution in [-0.4, -0.2) is 17.0 Å². The summed E-state index contributed by atoms with van der Waals surface area (Å²) in [4.78, 5) is 8.54. The van der Waals surface area contributed by atoms with Crippen LogP contribution in [0.3, 0.4) is 0 Å². The fourth-order valence-electron chi connectivity index (χ4n) is 1.73. The van der Waals surface area contributed by atoms with Gasteiger partial charge < -0.3 is 10.1 Å². The molecule has 2 aromatic heterocycles. The van der Waals surface area contributed by atoms with E-state index < -0.39 is 0 Å². The number of nitrogens with one attached hydrogen (secondary N) is 1. The molecule has 0 aliphatic carbocycles. The molecule has 1 N–H and O–H groups in total. The van der Waals surface area contributed by atoms with Crippen molar-refractivity contribution in [3.63, 3.8) is 0 Å². The van der Waals surface area contributed by atoms with Crippen molar-refractivity contribution in [2.45, 2.75) is 19.9 Å². The van der Waals surface area contributed by atoms with Gasteiger partial charge >= 0.3 is 0 Å². The molecule has 2 aromatic rings. The van der Waals surface area contributed by atoms with Crippen molar-refractivity contribution in [1.82, 2.24) is 15.3 Å². The van der Waals surface area contributed by atoms with Crippen molar-refractivity contribution < 1.29 is 4.74 Å². The Balaban J connectivity index is 2.26. The predicted molar refractivity (Wildman–Crippen MR) is 78.4 cm³/mol. The first kappa shape index (κ1) is 14.0. The maximum atomic E-state index is 5.76. The number of aromatic nitrogens is 2. The number of pyridine rings is 2. The number of halogens is 1. The Kier molecular flexibility index (Phi) is 4.87. The number of hydrogen-bond donors (Lipinski definition) is 1. The summed E-state index contributed by atoms with van der Waals surface area (Å²) in [5.74, 6) is 1.27. The highest BCUT2D eigenvalue weighted by molar-refractivity contribution is 9.10. The number of nitrogens with zero attached hydrogens (tertiary/aromatic N) is 2. The second-order valence-corrected chi connectivity index (χ2v) is 5.05. The summed E-state index contributed by atoms with van der Waals surface area (Å²) >= 11 is 3.37. The lowest BCUT2D eigenvalue weighted by Gasteiger charge is -2.09. The first-order chi connectivity index (χ1) is 9.21. The molecule has 0 unspecified atom stereocenters. The lowest BCUT2D eigenvalue weighted by molar-refractivity contribution is 0.457. The van der Waals surface area contributed by atoms with Gasteiger partial charge in [-0.15, -0.1) is 0 Å². The number of rotatable bonds is 5. The number of ether oxygens (including phenoxy) is 1. The molecular formula is C14H16BrN3O. The van der Waals surface area contributed by atoms with Gasteiger partial charge in [-0.3, -0.25) is 4.98 Å². The first-order valence-corrected chi connectivity index (χ1v) is 6.93. The van der Waals surface area contributed by atoms with Crippen LogP contribution in [0, 0.1) is 0 Å². The highest BCUT2D eigenvalue weighted by Gasteiger charge is 2.04. The molecule has 5 heteroatoms. The minimum Gasteiger partial charge on any atom is -0.437 e. The van der Waals surface area contributed by atoms with Gasteiger partial charge in [0.15, 0.2) is 0 Å². The standard InChI is InChI=1S/C14H16BrN3O/c1-3-12-4-10(7-16-2)5-14(18-12)19-13-6-11(15)8-17-9-13/h4-6,8-9,16H,3,7H2,1-2H3. The van der Waals surface area contributed by atoms with Gasteiger partial charge in [0.05, 0.1) is 6.20 Å². The maximum absolute atomic E-state index is 5.76. The molecule has 2 rings (SSSR count). The second-order valence-electron chi connectivity index (χ2n) is 4.13. The van der Waals surface area contributed by atoms with Crippen LogP contribution in [0.1, 0.15) is 18.2 Å². The van der Waals surface area contributed by atoms with Crippen LogP contribution >= 0.6 is 15.9 Å². The maximum Gasteiger partial charge on any atom is 0.219 e. The Morgan fingerprint density at radius 1 is 1.26 bits per heavy atom. The van der Waals surface area contributed by atoms with Crippen LogP contribution in [0.2, 0.25) is 0 Å². The van der Waals surface area contributed by atoms with E-state index in [2.05, 4.69) is 44.2 Å². The number of aryl methyl sites for hydroxylation is 1. The molecule has 0 aliphatic heterocycles. The Morgan fingerprint density at radius 2 is 2.11 bits per heavy atom. The third-order valence-electron chi connectivity index (χ3n) is 2.56. The number of hydrogen-bond acceptors (Lipinski definition) is 4. The van der Waals surface area contributed by atoms with Crippen LogP contribution < -0.4 is 10.1 Å². The molecule has 0 spiro atoms. The minimum atomic E-state index is 0.601. The molecule has 0 radical (unpaired) electrons. The van der Waals surface area contributed by atoms with E-state index in [1.54, 1.807) is 12.4 Å². The minimum absolute atomic E-state index is 0.601. The van der Waals surface area contributed by atoms with Crippen molar-refractivity contribution in [3.8, 4) is 11.6 Å². The highest BCUT2D eigenvalue weighted by Crippen LogP contribution is 2.23. The molecular weight excluding hydrogens is 306 g/mol. The second kappa shape index (κ2) is 6.63. The van der Waals surface area contributed by atoms with E-state index >= 15 is 0 Å². The van der Waals surface area contributed by atoms with Crippen molar-refractivity contribution in [3.05, 3.63) is 46.3 Å². The van der Waals surface area contributed by atoms with E-state index in [4.69, 9.17) is 4.74 Å². The van der Waals surface area contributed by atoms with E-state index in [0.29, 0.717) is 11.6 Å². The summed E-state index contributed by atoms with van der Waals surface area (Å²) in [5.41, 5.74) is 2.18. The zero-order valence-corrected chi connectivity index (χ0v) is 12.6. The summed E-state index contributed by atoms with van der Waals surface area (Å²) in [6.07, 6.45) is 4.27. The van der Waals surface area contributed by atoms with Crippen molar-refractivity contribution >= 4 is 15.9 Å². The Hall–Kier alpha value is -1.46. The van der Waals surface area contributed by atoms with E-state index in [0.717, 1.165) is 28.7 Å².